The van der Waals surface area contributed by atoms with Gasteiger partial charge in [-0.15, -0.1) is 3.89 Å². The Balaban J connectivity index is 2.33. The number of rotatable bonds is 9. The number of carbonyl (C=O) groups excluding carboxylic acids is 2. The molecule has 1 aromatic carbocycles. The maximum atomic E-state index is 13.2. The van der Waals surface area contributed by atoms with Crippen molar-refractivity contribution in [2.45, 2.75) is 65.4 Å². The van der Waals surface area contributed by atoms with Gasteiger partial charge in [-0.05, 0) is 26.7 Å². The Labute approximate surface area is 184 Å². The third-order valence-electron chi connectivity index (χ3n) is 4.87. The fourth-order valence-electron chi connectivity index (χ4n) is 3.21. The minimum atomic E-state index is -0.493. The summed E-state index contributed by atoms with van der Waals surface area (Å²) in [7, 11) is 3.32. The standard InChI is InChI=1S/C22H35N2O5S/c1-7-9-14-27-20(25)23(5)30-24(6,21(26)28-15-10-8-2)18-13-11-12-17-16-22(3,4)29-19(17)18/h11-13H,7-10,14-16H2,1-6H3/q+1. The zero-order valence-electron chi connectivity index (χ0n) is 19.0. The fraction of sp³-hybridized carbons (Fsp3) is 0.636. The number of ether oxygens (including phenoxy) is 3. The van der Waals surface area contributed by atoms with Crippen LogP contribution < -0.4 is 8.63 Å². The van der Waals surface area contributed by atoms with Crippen molar-refractivity contribution < 1.29 is 23.8 Å². The summed E-state index contributed by atoms with van der Waals surface area (Å²) in [6.07, 6.45) is 3.24. The maximum Gasteiger partial charge on any atom is 0.534 e. The summed E-state index contributed by atoms with van der Waals surface area (Å²) < 4.78 is 18.1. The Morgan fingerprint density at radius 1 is 1.17 bits per heavy atom. The lowest BCUT2D eigenvalue weighted by Gasteiger charge is -2.30. The molecule has 1 heterocycles. The van der Waals surface area contributed by atoms with Gasteiger partial charge in [0, 0.05) is 25.1 Å². The van der Waals surface area contributed by atoms with E-state index in [-0.39, 0.29) is 9.49 Å². The van der Waals surface area contributed by atoms with Crippen LogP contribution in [0.1, 0.15) is 58.9 Å². The number of amides is 2. The molecule has 8 heteroatoms. The van der Waals surface area contributed by atoms with Gasteiger partial charge < -0.3 is 14.2 Å². The second-order valence-electron chi connectivity index (χ2n) is 8.24. The van der Waals surface area contributed by atoms with E-state index in [9.17, 15) is 9.59 Å². The van der Waals surface area contributed by atoms with Gasteiger partial charge in [-0.2, -0.15) is 4.79 Å². The summed E-state index contributed by atoms with van der Waals surface area (Å²) in [5.74, 6) is 0.678. The van der Waals surface area contributed by atoms with Gasteiger partial charge in [0.15, 0.2) is 11.4 Å². The van der Waals surface area contributed by atoms with E-state index in [2.05, 4.69) is 0 Å². The Morgan fingerprint density at radius 2 is 1.80 bits per heavy atom. The Morgan fingerprint density at radius 3 is 2.43 bits per heavy atom. The molecule has 1 aliphatic rings. The summed E-state index contributed by atoms with van der Waals surface area (Å²) in [6, 6.07) is 5.77. The molecular weight excluding hydrogens is 404 g/mol. The highest BCUT2D eigenvalue weighted by Gasteiger charge is 2.47. The maximum absolute atomic E-state index is 13.2. The van der Waals surface area contributed by atoms with Crippen molar-refractivity contribution in [1.29, 1.82) is 0 Å². The van der Waals surface area contributed by atoms with Crippen LogP contribution in [0.25, 0.3) is 0 Å². The van der Waals surface area contributed by atoms with E-state index in [1.54, 1.807) is 14.1 Å². The van der Waals surface area contributed by atoms with Gasteiger partial charge in [-0.1, -0.05) is 38.8 Å². The molecule has 0 fully saturated rings. The van der Waals surface area contributed by atoms with Crippen LogP contribution in [0, 0.1) is 0 Å². The Hall–Kier alpha value is -1.93. The van der Waals surface area contributed by atoms with E-state index in [1.807, 2.05) is 45.9 Å². The van der Waals surface area contributed by atoms with Gasteiger partial charge in [-0.3, -0.25) is 0 Å². The van der Waals surface area contributed by atoms with Crippen LogP contribution in [-0.4, -0.2) is 49.4 Å². The lowest BCUT2D eigenvalue weighted by atomic mass is 10.0. The molecule has 2 amide bonds. The fourth-order valence-corrected chi connectivity index (χ4v) is 4.17. The molecule has 0 saturated heterocycles. The molecule has 168 valence electrons. The number of nitrogens with zero attached hydrogens (tertiary/aromatic N) is 2. The van der Waals surface area contributed by atoms with Crippen molar-refractivity contribution in [3.63, 3.8) is 0 Å². The second kappa shape index (κ2) is 10.4. The van der Waals surface area contributed by atoms with Gasteiger partial charge in [0.2, 0.25) is 12.1 Å². The highest BCUT2D eigenvalue weighted by molar-refractivity contribution is 7.97. The lowest BCUT2D eigenvalue weighted by Crippen LogP contribution is -2.48. The number of benzene rings is 1. The van der Waals surface area contributed by atoms with E-state index in [0.29, 0.717) is 24.7 Å². The number of hydrogen-bond acceptors (Lipinski definition) is 6. The second-order valence-corrected chi connectivity index (χ2v) is 9.68. The molecule has 1 aromatic rings. The third kappa shape index (κ3) is 5.82. The van der Waals surface area contributed by atoms with Crippen molar-refractivity contribution >= 4 is 30.0 Å². The largest absolute Gasteiger partial charge is 0.534 e. The first kappa shape index (κ1) is 24.3. The van der Waals surface area contributed by atoms with Gasteiger partial charge in [0.05, 0.1) is 20.3 Å². The molecule has 30 heavy (non-hydrogen) atoms. The Kier molecular flexibility index (Phi) is 8.43. The minimum Gasteiger partial charge on any atom is -0.481 e. The minimum absolute atomic E-state index is 0.317. The van der Waals surface area contributed by atoms with Crippen LogP contribution in [0.2, 0.25) is 0 Å². The quantitative estimate of drug-likeness (QED) is 0.279. The summed E-state index contributed by atoms with van der Waals surface area (Å²) in [5.41, 5.74) is 1.33. The van der Waals surface area contributed by atoms with Crippen molar-refractivity contribution in [1.82, 2.24) is 8.19 Å². The van der Waals surface area contributed by atoms with Crippen molar-refractivity contribution in [2.24, 2.45) is 0 Å². The molecule has 0 N–H and O–H groups in total. The van der Waals surface area contributed by atoms with Crippen LogP contribution in [-0.2, 0) is 15.9 Å². The first-order chi connectivity index (χ1) is 14.1. The molecule has 1 aliphatic heterocycles. The number of hydrogen-bond donors (Lipinski definition) is 0. The average Bonchev–Trinajstić information content (AvgIpc) is 3.01. The smallest absolute Gasteiger partial charge is 0.481 e. The summed E-state index contributed by atoms with van der Waals surface area (Å²) >= 11 is 1.04. The Bertz CT molecular complexity index is 755. The first-order valence-corrected chi connectivity index (χ1v) is 11.3. The van der Waals surface area contributed by atoms with Gasteiger partial charge in [0.25, 0.3) is 0 Å². The molecule has 2 rings (SSSR count). The zero-order chi connectivity index (χ0) is 22.4. The predicted molar refractivity (Wildman–Crippen MR) is 120 cm³/mol. The third-order valence-corrected chi connectivity index (χ3v) is 5.93. The first-order valence-electron chi connectivity index (χ1n) is 10.6. The van der Waals surface area contributed by atoms with Crippen molar-refractivity contribution in [3.05, 3.63) is 23.8 Å². The SMILES string of the molecule is CCCCOC(=O)N(C)S[N+](C)(C(=O)OCCCC)c1cccc2c1OC(C)(C)C2. The summed E-state index contributed by atoms with van der Waals surface area (Å²) in [5, 5.41) is 0. The van der Waals surface area contributed by atoms with E-state index < -0.39 is 12.2 Å². The summed E-state index contributed by atoms with van der Waals surface area (Å²) in [4.78, 5) is 25.7. The number of fused-ring (bicyclic) bond motifs is 1. The van der Waals surface area contributed by atoms with Crippen LogP contribution in [0.4, 0.5) is 15.3 Å². The molecule has 0 saturated carbocycles. The number of quaternary nitrogens is 1. The van der Waals surface area contributed by atoms with E-state index in [1.165, 1.54) is 4.31 Å². The van der Waals surface area contributed by atoms with Crippen molar-refractivity contribution in [2.75, 3.05) is 27.3 Å². The van der Waals surface area contributed by atoms with Gasteiger partial charge in [-0.25, -0.2) is 9.10 Å². The zero-order valence-corrected chi connectivity index (χ0v) is 19.8. The van der Waals surface area contributed by atoms with Crippen LogP contribution in [0.5, 0.6) is 5.75 Å². The molecule has 0 bridgehead atoms. The molecule has 1 atom stereocenters. The van der Waals surface area contributed by atoms with Crippen LogP contribution >= 0.6 is 12.1 Å². The molecular formula is C22H35N2O5S+. The monoisotopic (exact) mass is 439 g/mol. The van der Waals surface area contributed by atoms with Crippen LogP contribution in [0.3, 0.4) is 0 Å². The topological polar surface area (TPSA) is 65.1 Å². The molecule has 0 aliphatic carbocycles. The van der Waals surface area contributed by atoms with E-state index in [0.717, 1.165) is 49.8 Å². The highest BCUT2D eigenvalue weighted by Crippen LogP contribution is 2.47. The number of unbranched alkanes of at least 4 members (excludes halogenated alkanes) is 2. The predicted octanol–water partition coefficient (Wildman–Crippen LogP) is 5.71. The van der Waals surface area contributed by atoms with Gasteiger partial charge >= 0.3 is 12.2 Å². The number of carbonyl (C=O) groups is 2. The van der Waals surface area contributed by atoms with Crippen molar-refractivity contribution in [3.8, 4) is 5.75 Å². The molecule has 1 unspecified atom stereocenters. The van der Waals surface area contributed by atoms with Gasteiger partial charge in [0.1, 0.15) is 5.60 Å². The van der Waals surface area contributed by atoms with E-state index in [4.69, 9.17) is 14.2 Å². The number of para-hydroxylation sites is 1. The highest BCUT2D eigenvalue weighted by atomic mass is 32.2. The normalized spacial score (nSPS) is 16.2. The molecule has 0 radical (unpaired) electrons. The summed E-state index contributed by atoms with van der Waals surface area (Å²) in [6.45, 7) is 8.79. The lowest BCUT2D eigenvalue weighted by molar-refractivity contribution is 0.121. The average molecular weight is 440 g/mol. The molecule has 0 spiro atoms. The molecule has 7 nitrogen and oxygen atoms in total. The van der Waals surface area contributed by atoms with E-state index >= 15 is 0 Å². The van der Waals surface area contributed by atoms with Crippen LogP contribution in [0.15, 0.2) is 18.2 Å². The molecule has 0 aromatic heterocycles.